The van der Waals surface area contributed by atoms with Gasteiger partial charge in [-0.1, -0.05) is 64.8 Å². The summed E-state index contributed by atoms with van der Waals surface area (Å²) in [6.07, 6.45) is 1.55. The lowest BCUT2D eigenvalue weighted by Gasteiger charge is -2.12. The van der Waals surface area contributed by atoms with Gasteiger partial charge in [-0.05, 0) is 45.8 Å². The highest BCUT2D eigenvalue weighted by Gasteiger charge is 2.10. The first kappa shape index (κ1) is 21.2. The van der Waals surface area contributed by atoms with Gasteiger partial charge in [0, 0.05) is 16.1 Å². The van der Waals surface area contributed by atoms with Gasteiger partial charge in [0.2, 0.25) is 0 Å². The Labute approximate surface area is 187 Å². The molecule has 0 spiro atoms. The number of halogens is 3. The molecule has 7 heteroatoms. The molecule has 0 atom stereocenters. The summed E-state index contributed by atoms with van der Waals surface area (Å²) in [7, 11) is 0. The van der Waals surface area contributed by atoms with Gasteiger partial charge in [0.15, 0.2) is 5.75 Å². The van der Waals surface area contributed by atoms with Gasteiger partial charge in [0.25, 0.3) is 0 Å². The molecule has 0 N–H and O–H groups in total. The number of nitrogens with zero attached hydrogens (tertiary/aromatic N) is 2. The molecular weight excluding hydrogens is 475 g/mol. The minimum atomic E-state index is 0.203. The molecule has 146 valence electrons. The smallest absolute Gasteiger partial charge is 0.152 e. The molecule has 0 saturated carbocycles. The first-order valence-electron chi connectivity index (χ1n) is 8.57. The van der Waals surface area contributed by atoms with Crippen molar-refractivity contribution >= 4 is 45.3 Å². The summed E-state index contributed by atoms with van der Waals surface area (Å²) in [5.74, 6) is 0.521. The zero-order valence-electron chi connectivity index (χ0n) is 15.1. The van der Waals surface area contributed by atoms with Crippen molar-refractivity contribution in [3.63, 3.8) is 0 Å². The lowest BCUT2D eigenvalue weighted by molar-refractivity contribution is 0.132. The highest BCUT2D eigenvalue weighted by Crippen LogP contribution is 2.35. The number of hydrogen-bond donors (Lipinski definition) is 0. The average Bonchev–Trinajstić information content (AvgIpc) is 2.72. The molecule has 3 aromatic carbocycles. The Morgan fingerprint density at radius 3 is 2.41 bits per heavy atom. The Morgan fingerprint density at radius 2 is 1.69 bits per heavy atom. The van der Waals surface area contributed by atoms with E-state index in [1.807, 2.05) is 42.5 Å². The molecule has 0 aromatic heterocycles. The second kappa shape index (κ2) is 10.3. The molecule has 0 saturated heterocycles. The van der Waals surface area contributed by atoms with Crippen molar-refractivity contribution in [3.05, 3.63) is 97.4 Å². The van der Waals surface area contributed by atoms with Crippen molar-refractivity contribution in [1.29, 1.82) is 5.26 Å². The molecule has 0 amide bonds. The van der Waals surface area contributed by atoms with Crippen LogP contribution in [-0.2, 0) is 18.1 Å². The third-order valence-corrected chi connectivity index (χ3v) is 5.22. The molecule has 0 radical (unpaired) electrons. The summed E-state index contributed by atoms with van der Waals surface area (Å²) in [6.45, 7) is 0.501. The van der Waals surface area contributed by atoms with Crippen LogP contribution in [0, 0.1) is 11.3 Å². The highest BCUT2D eigenvalue weighted by atomic mass is 79.9. The van der Waals surface area contributed by atoms with Crippen molar-refractivity contribution < 1.29 is 9.57 Å². The van der Waals surface area contributed by atoms with Crippen molar-refractivity contribution in [2.45, 2.75) is 13.2 Å². The number of oxime groups is 1. The van der Waals surface area contributed by atoms with E-state index < -0.39 is 0 Å². The predicted octanol–water partition coefficient (Wildman–Crippen LogP) is 6.76. The first-order chi connectivity index (χ1) is 14.1. The van der Waals surface area contributed by atoms with Crippen molar-refractivity contribution in [2.24, 2.45) is 5.16 Å². The van der Waals surface area contributed by atoms with Gasteiger partial charge in [-0.2, -0.15) is 5.26 Å². The molecule has 29 heavy (non-hydrogen) atoms. The Bertz CT molecular complexity index is 1060. The lowest BCUT2D eigenvalue weighted by Crippen LogP contribution is -1.98. The van der Waals surface area contributed by atoms with Crippen LogP contribution in [0.5, 0.6) is 5.75 Å². The van der Waals surface area contributed by atoms with E-state index in [0.29, 0.717) is 32.4 Å². The van der Waals surface area contributed by atoms with Crippen LogP contribution in [0.1, 0.15) is 22.3 Å². The first-order valence-corrected chi connectivity index (χ1v) is 10.1. The number of nitriles is 1. The van der Waals surface area contributed by atoms with E-state index in [4.69, 9.17) is 38.0 Å². The quantitative estimate of drug-likeness (QED) is 0.272. The van der Waals surface area contributed by atoms with Crippen LogP contribution in [0.25, 0.3) is 0 Å². The highest BCUT2D eigenvalue weighted by molar-refractivity contribution is 9.10. The van der Waals surface area contributed by atoms with Crippen LogP contribution in [-0.4, -0.2) is 6.21 Å². The zero-order valence-corrected chi connectivity index (χ0v) is 18.2. The standard InChI is InChI=1S/C22H15BrCl2N2O2/c23-19-9-15(12-27-29-14-17-6-2-1-5-16(17)11-26)10-21(25)22(19)28-13-18-7-3-4-8-20(18)24/h1-10,12H,13-14H2/b27-12-. The molecule has 3 rings (SSSR count). The Kier molecular flexibility index (Phi) is 7.54. The van der Waals surface area contributed by atoms with Gasteiger partial charge in [0.1, 0.15) is 13.2 Å². The SMILES string of the molecule is N#Cc1ccccc1CO/N=C\c1cc(Cl)c(OCc2ccccc2Cl)c(Br)c1. The second-order valence-electron chi connectivity index (χ2n) is 5.97. The van der Waals surface area contributed by atoms with E-state index in [0.717, 1.165) is 16.7 Å². The fraction of sp³-hybridized carbons (Fsp3) is 0.0909. The fourth-order valence-corrected chi connectivity index (χ4v) is 3.70. The summed E-state index contributed by atoms with van der Waals surface area (Å²) in [6, 6.07) is 20.4. The predicted molar refractivity (Wildman–Crippen MR) is 118 cm³/mol. The van der Waals surface area contributed by atoms with Crippen LogP contribution in [0.2, 0.25) is 10.0 Å². The topological polar surface area (TPSA) is 54.6 Å². The van der Waals surface area contributed by atoms with Crippen LogP contribution in [0.3, 0.4) is 0 Å². The number of hydrogen-bond acceptors (Lipinski definition) is 4. The van der Waals surface area contributed by atoms with Gasteiger partial charge in [-0.25, -0.2) is 0 Å². The minimum absolute atomic E-state index is 0.203. The molecule has 0 fully saturated rings. The van der Waals surface area contributed by atoms with Crippen molar-refractivity contribution in [1.82, 2.24) is 0 Å². The van der Waals surface area contributed by atoms with E-state index in [1.165, 1.54) is 0 Å². The number of rotatable bonds is 7. The molecule has 0 aliphatic heterocycles. The van der Waals surface area contributed by atoms with E-state index >= 15 is 0 Å². The summed E-state index contributed by atoms with van der Waals surface area (Å²) >= 11 is 16.0. The third-order valence-electron chi connectivity index (χ3n) is 3.98. The third kappa shape index (κ3) is 5.74. The van der Waals surface area contributed by atoms with Crippen molar-refractivity contribution in [2.75, 3.05) is 0 Å². The number of ether oxygens (including phenoxy) is 1. The summed E-state index contributed by atoms with van der Waals surface area (Å²) in [5.41, 5.74) is 2.94. The Morgan fingerprint density at radius 1 is 0.966 bits per heavy atom. The normalized spacial score (nSPS) is 10.7. The lowest BCUT2D eigenvalue weighted by atomic mass is 10.1. The van der Waals surface area contributed by atoms with Gasteiger partial charge in [0.05, 0.1) is 27.3 Å². The van der Waals surface area contributed by atoms with E-state index in [1.54, 1.807) is 24.4 Å². The zero-order chi connectivity index (χ0) is 20.6. The van der Waals surface area contributed by atoms with Crippen molar-refractivity contribution in [3.8, 4) is 11.8 Å². The van der Waals surface area contributed by atoms with E-state index in [-0.39, 0.29) is 6.61 Å². The fourth-order valence-electron chi connectivity index (χ4n) is 2.52. The summed E-state index contributed by atoms with van der Waals surface area (Å²) < 4.78 is 6.52. The van der Waals surface area contributed by atoms with Crippen LogP contribution in [0.4, 0.5) is 0 Å². The van der Waals surface area contributed by atoms with Gasteiger partial charge < -0.3 is 9.57 Å². The van der Waals surface area contributed by atoms with Crippen LogP contribution >= 0.6 is 39.1 Å². The maximum atomic E-state index is 9.09. The van der Waals surface area contributed by atoms with Gasteiger partial charge in [-0.15, -0.1) is 0 Å². The minimum Gasteiger partial charge on any atom is -0.486 e. The van der Waals surface area contributed by atoms with Crippen LogP contribution < -0.4 is 4.74 Å². The molecule has 0 heterocycles. The van der Waals surface area contributed by atoms with Gasteiger partial charge in [-0.3, -0.25) is 0 Å². The molecule has 4 nitrogen and oxygen atoms in total. The van der Waals surface area contributed by atoms with E-state index in [9.17, 15) is 0 Å². The second-order valence-corrected chi connectivity index (χ2v) is 7.64. The molecular formula is C22H15BrCl2N2O2. The molecule has 3 aromatic rings. The summed E-state index contributed by atoms with van der Waals surface area (Å²) in [5, 5.41) is 14.1. The number of benzene rings is 3. The monoisotopic (exact) mass is 488 g/mol. The summed E-state index contributed by atoms with van der Waals surface area (Å²) in [4.78, 5) is 5.31. The maximum absolute atomic E-state index is 9.09. The van der Waals surface area contributed by atoms with Crippen LogP contribution in [0.15, 0.2) is 70.3 Å². The largest absolute Gasteiger partial charge is 0.486 e. The molecule has 0 bridgehead atoms. The maximum Gasteiger partial charge on any atom is 0.152 e. The average molecular weight is 490 g/mol. The molecule has 0 aliphatic rings. The Hall–Kier alpha value is -2.52. The Balaban J connectivity index is 1.63. The van der Waals surface area contributed by atoms with Gasteiger partial charge >= 0.3 is 0 Å². The van der Waals surface area contributed by atoms with E-state index in [2.05, 4.69) is 27.2 Å². The molecule has 0 unspecified atom stereocenters. The molecule has 0 aliphatic carbocycles.